The number of anilines is 1. The Kier molecular flexibility index (Phi) is 5.17. The first-order valence-corrected chi connectivity index (χ1v) is 11.3. The number of phenols is 1. The van der Waals surface area contributed by atoms with E-state index in [2.05, 4.69) is 29.6 Å². The quantitative estimate of drug-likeness (QED) is 0.402. The summed E-state index contributed by atoms with van der Waals surface area (Å²) in [6, 6.07) is 13.9. The monoisotopic (exact) mass is 419 g/mol. The Hall–Kier alpha value is -2.86. The molecule has 0 saturated heterocycles. The number of hydrogen-bond acceptors (Lipinski definition) is 6. The predicted octanol–water partition coefficient (Wildman–Crippen LogP) is 6.22. The number of aromatic hydroxyl groups is 1. The fraction of sp³-hybridized carbons (Fsp3) is 0.333. The maximum atomic E-state index is 9.87. The topological polar surface area (TPSA) is 67.3 Å². The smallest absolute Gasteiger partial charge is 0.160 e. The van der Waals surface area contributed by atoms with Gasteiger partial charge in [-0.25, -0.2) is 9.97 Å². The first-order chi connectivity index (χ1) is 14.7. The molecule has 5 rings (SSSR count). The lowest BCUT2D eigenvalue weighted by Crippen LogP contribution is -2.11. The lowest BCUT2D eigenvalue weighted by Gasteiger charge is -2.21. The van der Waals surface area contributed by atoms with Crippen LogP contribution < -0.4 is 10.1 Å². The summed E-state index contributed by atoms with van der Waals surface area (Å²) in [5.41, 5.74) is 1.02. The van der Waals surface area contributed by atoms with Gasteiger partial charge < -0.3 is 15.2 Å². The van der Waals surface area contributed by atoms with Gasteiger partial charge >= 0.3 is 0 Å². The third-order valence-electron chi connectivity index (χ3n) is 5.93. The number of nitrogens with zero attached hydrogens (tertiary/aromatic N) is 2. The van der Waals surface area contributed by atoms with E-state index >= 15 is 0 Å². The normalized spacial score (nSPS) is 15.0. The van der Waals surface area contributed by atoms with Crippen molar-refractivity contribution in [1.29, 1.82) is 0 Å². The highest BCUT2D eigenvalue weighted by atomic mass is 32.1. The molecule has 2 aromatic carbocycles. The van der Waals surface area contributed by atoms with Crippen molar-refractivity contribution in [3.05, 3.63) is 53.9 Å². The zero-order valence-electron chi connectivity index (χ0n) is 17.0. The van der Waals surface area contributed by atoms with Gasteiger partial charge in [0.05, 0.1) is 12.5 Å². The van der Waals surface area contributed by atoms with Crippen molar-refractivity contribution in [2.24, 2.45) is 0 Å². The molecule has 1 aliphatic carbocycles. The average Bonchev–Trinajstić information content (AvgIpc) is 3.17. The van der Waals surface area contributed by atoms with Crippen LogP contribution >= 0.6 is 11.3 Å². The maximum Gasteiger partial charge on any atom is 0.160 e. The molecule has 1 fully saturated rings. The van der Waals surface area contributed by atoms with Crippen LogP contribution in [0, 0.1) is 0 Å². The Morgan fingerprint density at radius 3 is 2.77 bits per heavy atom. The minimum Gasteiger partial charge on any atom is -0.504 e. The summed E-state index contributed by atoms with van der Waals surface area (Å²) < 4.78 is 6.48. The highest BCUT2D eigenvalue weighted by Crippen LogP contribution is 2.39. The van der Waals surface area contributed by atoms with Gasteiger partial charge in [0.15, 0.2) is 11.5 Å². The zero-order valence-corrected chi connectivity index (χ0v) is 17.8. The van der Waals surface area contributed by atoms with E-state index < -0.39 is 0 Å². The molecular formula is C24H25N3O2S. The third kappa shape index (κ3) is 3.56. The largest absolute Gasteiger partial charge is 0.504 e. The number of ether oxygens (including phenoxy) is 1. The molecule has 1 saturated carbocycles. The molecule has 6 heteroatoms. The molecular weight excluding hydrogens is 394 g/mol. The molecule has 0 bridgehead atoms. The van der Waals surface area contributed by atoms with E-state index in [1.807, 2.05) is 12.1 Å². The number of methoxy groups -OCH3 is 1. The second-order valence-corrected chi connectivity index (χ2v) is 8.93. The molecule has 5 nitrogen and oxygen atoms in total. The number of benzene rings is 2. The van der Waals surface area contributed by atoms with Gasteiger partial charge in [0, 0.05) is 22.5 Å². The van der Waals surface area contributed by atoms with E-state index in [4.69, 9.17) is 14.7 Å². The molecule has 0 spiro atoms. The highest BCUT2D eigenvalue weighted by Gasteiger charge is 2.22. The standard InChI is InChI=1S/C24H25N3O2S/c1-29-19-13-15(11-12-18(19)28)14-25-23-21-17-9-5-6-10-20(17)30-24(21)27-22(26-23)16-7-3-2-4-8-16/h5-6,9-13,16,28H,2-4,7-8,14H2,1H3,(H,25,26,27). The summed E-state index contributed by atoms with van der Waals surface area (Å²) in [5.74, 6) is 2.94. The molecule has 0 amide bonds. The van der Waals surface area contributed by atoms with Gasteiger partial charge in [-0.15, -0.1) is 11.3 Å². The van der Waals surface area contributed by atoms with E-state index in [9.17, 15) is 5.11 Å². The molecule has 0 atom stereocenters. The van der Waals surface area contributed by atoms with Crippen LogP contribution in [0.5, 0.6) is 11.5 Å². The van der Waals surface area contributed by atoms with Crippen LogP contribution in [0.25, 0.3) is 20.3 Å². The fourth-order valence-electron chi connectivity index (χ4n) is 4.33. The summed E-state index contributed by atoms with van der Waals surface area (Å²) in [4.78, 5) is 11.1. The van der Waals surface area contributed by atoms with Crippen LogP contribution in [0.3, 0.4) is 0 Å². The van der Waals surface area contributed by atoms with Crippen molar-refractivity contribution in [3.8, 4) is 11.5 Å². The molecule has 4 aromatic rings. The Morgan fingerprint density at radius 2 is 1.93 bits per heavy atom. The fourth-order valence-corrected chi connectivity index (χ4v) is 5.41. The van der Waals surface area contributed by atoms with Crippen LogP contribution in [0.15, 0.2) is 42.5 Å². The summed E-state index contributed by atoms with van der Waals surface area (Å²) >= 11 is 1.74. The van der Waals surface area contributed by atoms with Gasteiger partial charge in [-0.1, -0.05) is 43.5 Å². The van der Waals surface area contributed by atoms with Crippen molar-refractivity contribution < 1.29 is 9.84 Å². The number of aromatic nitrogens is 2. The Labute approximate surface area is 179 Å². The summed E-state index contributed by atoms with van der Waals surface area (Å²) in [7, 11) is 1.56. The van der Waals surface area contributed by atoms with Crippen molar-refractivity contribution in [2.45, 2.75) is 44.6 Å². The number of phenolic OH excluding ortho intramolecular Hbond substituents is 1. The molecule has 154 valence electrons. The molecule has 2 aromatic heterocycles. The second kappa shape index (κ2) is 8.11. The number of hydrogen-bond donors (Lipinski definition) is 2. The summed E-state index contributed by atoms with van der Waals surface area (Å²) in [6.45, 7) is 0.594. The number of nitrogens with one attached hydrogen (secondary N) is 1. The van der Waals surface area contributed by atoms with Crippen molar-refractivity contribution in [1.82, 2.24) is 9.97 Å². The van der Waals surface area contributed by atoms with E-state index in [0.717, 1.165) is 27.4 Å². The van der Waals surface area contributed by atoms with Gasteiger partial charge in [0.1, 0.15) is 16.5 Å². The average molecular weight is 420 g/mol. The lowest BCUT2D eigenvalue weighted by molar-refractivity contribution is 0.373. The van der Waals surface area contributed by atoms with Crippen molar-refractivity contribution >= 4 is 37.5 Å². The highest BCUT2D eigenvalue weighted by molar-refractivity contribution is 7.25. The number of rotatable bonds is 5. The molecule has 2 N–H and O–H groups in total. The van der Waals surface area contributed by atoms with Crippen LogP contribution in [0.2, 0.25) is 0 Å². The summed E-state index contributed by atoms with van der Waals surface area (Å²) in [6.07, 6.45) is 6.18. The summed E-state index contributed by atoms with van der Waals surface area (Å²) in [5, 5.41) is 15.7. The molecule has 1 aliphatic rings. The number of fused-ring (bicyclic) bond motifs is 3. The Morgan fingerprint density at radius 1 is 1.10 bits per heavy atom. The van der Waals surface area contributed by atoms with Gasteiger partial charge in [0.25, 0.3) is 0 Å². The van der Waals surface area contributed by atoms with E-state index in [1.165, 1.54) is 42.2 Å². The first kappa shape index (κ1) is 19.1. The van der Waals surface area contributed by atoms with Crippen LogP contribution in [-0.2, 0) is 6.54 Å². The minimum absolute atomic E-state index is 0.147. The Balaban J connectivity index is 1.55. The minimum atomic E-state index is 0.147. The van der Waals surface area contributed by atoms with E-state index in [1.54, 1.807) is 24.5 Å². The third-order valence-corrected chi connectivity index (χ3v) is 7.00. The SMILES string of the molecule is COc1cc(CNc2nc(C3CCCCC3)nc3sc4ccccc4c23)ccc1O. The van der Waals surface area contributed by atoms with E-state index in [-0.39, 0.29) is 5.75 Å². The molecule has 0 aliphatic heterocycles. The lowest BCUT2D eigenvalue weighted by atomic mass is 9.88. The van der Waals surface area contributed by atoms with Crippen molar-refractivity contribution in [3.63, 3.8) is 0 Å². The van der Waals surface area contributed by atoms with Gasteiger partial charge in [-0.05, 0) is 36.6 Å². The number of thiophene rings is 1. The predicted molar refractivity (Wildman–Crippen MR) is 123 cm³/mol. The first-order valence-electron chi connectivity index (χ1n) is 10.5. The van der Waals surface area contributed by atoms with Gasteiger partial charge in [-0.3, -0.25) is 0 Å². The molecule has 0 radical (unpaired) electrons. The second-order valence-electron chi connectivity index (χ2n) is 7.90. The molecule has 2 heterocycles. The molecule has 30 heavy (non-hydrogen) atoms. The maximum absolute atomic E-state index is 9.87. The van der Waals surface area contributed by atoms with Crippen molar-refractivity contribution in [2.75, 3.05) is 12.4 Å². The van der Waals surface area contributed by atoms with Crippen LogP contribution in [0.4, 0.5) is 5.82 Å². The van der Waals surface area contributed by atoms with Crippen LogP contribution in [0.1, 0.15) is 49.4 Å². The van der Waals surface area contributed by atoms with Crippen LogP contribution in [-0.4, -0.2) is 22.2 Å². The zero-order chi connectivity index (χ0) is 20.5. The molecule has 0 unspecified atom stereocenters. The van der Waals surface area contributed by atoms with E-state index in [0.29, 0.717) is 18.2 Å². The Bertz CT molecular complexity index is 1200. The van der Waals surface area contributed by atoms with Gasteiger partial charge in [0.2, 0.25) is 0 Å². The van der Waals surface area contributed by atoms with Gasteiger partial charge in [-0.2, -0.15) is 0 Å².